The summed E-state index contributed by atoms with van der Waals surface area (Å²) >= 11 is 0. The van der Waals surface area contributed by atoms with E-state index in [9.17, 15) is 9.90 Å². The molecule has 0 radical (unpaired) electrons. The highest BCUT2D eigenvalue weighted by Gasteiger charge is 2.60. The molecular formula is C49H76N2O13. The number of esters is 1. The van der Waals surface area contributed by atoms with Crippen LogP contribution >= 0.6 is 0 Å². The monoisotopic (exact) mass is 901 g/mol. The Bertz CT molecular complexity index is 1760. The average molecular weight is 901 g/mol. The van der Waals surface area contributed by atoms with E-state index in [2.05, 4.69) is 37.3 Å². The van der Waals surface area contributed by atoms with Gasteiger partial charge in [0.1, 0.15) is 24.4 Å². The molecule has 0 spiro atoms. The first kappa shape index (κ1) is 49.1. The molecule has 1 aromatic rings. The van der Waals surface area contributed by atoms with Gasteiger partial charge in [0.2, 0.25) is 0 Å². The third kappa shape index (κ3) is 9.89. The van der Waals surface area contributed by atoms with Gasteiger partial charge in [0.25, 0.3) is 0 Å². The van der Waals surface area contributed by atoms with E-state index in [0.29, 0.717) is 54.9 Å². The smallest absolute Gasteiger partial charge is 0.306 e. The van der Waals surface area contributed by atoms with Crippen LogP contribution in [0.5, 0.6) is 11.5 Å². The lowest BCUT2D eigenvalue weighted by Crippen LogP contribution is -2.59. The molecule has 3 saturated heterocycles. The molecule has 19 atom stereocenters. The number of fused-ring (bicyclic) bond motifs is 5. The first-order valence-electron chi connectivity index (χ1n) is 23.7. The fourth-order valence-corrected chi connectivity index (χ4v) is 12.4. The summed E-state index contributed by atoms with van der Waals surface area (Å²) in [5.74, 6) is -1.29. The number of likely N-dealkylation sites (N-methyl/N-ethyl adjacent to an activating group) is 1. The van der Waals surface area contributed by atoms with Crippen molar-refractivity contribution in [2.24, 2.45) is 35.5 Å². The van der Waals surface area contributed by atoms with E-state index in [1.165, 1.54) is 0 Å². The number of nitrogens with zero attached hydrogens (tertiary/aromatic N) is 1. The van der Waals surface area contributed by atoms with Gasteiger partial charge in [0.15, 0.2) is 29.9 Å². The molecule has 0 amide bonds. The lowest BCUT2D eigenvalue weighted by Gasteiger charge is -2.47. The topological polar surface area (TPSA) is 162 Å². The third-order valence-corrected chi connectivity index (χ3v) is 15.6. The molecule has 5 fully saturated rings. The molecule has 2 saturated carbocycles. The summed E-state index contributed by atoms with van der Waals surface area (Å²) in [6, 6.07) is 5.40. The number of nitrogens with one attached hydrogen (secondary N) is 1. The van der Waals surface area contributed by atoms with Crippen LogP contribution in [0.4, 0.5) is 5.69 Å². The molecular weight excluding hydrogens is 825 g/mol. The number of hydrogen-bond donors (Lipinski definition) is 2. The van der Waals surface area contributed by atoms with Gasteiger partial charge in [-0.15, -0.1) is 0 Å². The number of rotatable bonds is 13. The Balaban J connectivity index is 1.23. The van der Waals surface area contributed by atoms with Crippen LogP contribution < -0.4 is 14.8 Å². The van der Waals surface area contributed by atoms with Gasteiger partial charge in [-0.3, -0.25) is 9.59 Å². The summed E-state index contributed by atoms with van der Waals surface area (Å²) in [4.78, 5) is 31.4. The number of methoxy groups -OCH3 is 5. The van der Waals surface area contributed by atoms with Crippen LogP contribution in [0.2, 0.25) is 0 Å². The molecule has 3 unspecified atom stereocenters. The minimum atomic E-state index is -0.975. The van der Waals surface area contributed by atoms with Crippen LogP contribution in [0.15, 0.2) is 29.8 Å². The Morgan fingerprint density at radius 1 is 0.844 bits per heavy atom. The second-order valence-electron chi connectivity index (χ2n) is 19.3. The van der Waals surface area contributed by atoms with E-state index in [4.69, 9.17) is 47.4 Å². The molecule has 3 aliphatic carbocycles. The van der Waals surface area contributed by atoms with Gasteiger partial charge in [-0.2, -0.15) is 0 Å². The van der Waals surface area contributed by atoms with Crippen LogP contribution in [0.3, 0.4) is 0 Å². The van der Waals surface area contributed by atoms with Crippen molar-refractivity contribution in [2.75, 3.05) is 55.0 Å². The number of carbonyl (C=O) groups is 2. The van der Waals surface area contributed by atoms with Crippen molar-refractivity contribution in [3.8, 4) is 11.5 Å². The molecule has 3 heterocycles. The predicted molar refractivity (Wildman–Crippen MR) is 238 cm³/mol. The second kappa shape index (κ2) is 21.4. The molecule has 64 heavy (non-hydrogen) atoms. The highest BCUT2D eigenvalue weighted by atomic mass is 16.7. The third-order valence-electron chi connectivity index (χ3n) is 15.6. The average Bonchev–Trinajstić information content (AvgIpc) is 3.87. The maximum absolute atomic E-state index is 15.2. The van der Waals surface area contributed by atoms with Gasteiger partial charge < -0.3 is 62.7 Å². The maximum Gasteiger partial charge on any atom is 0.306 e. The summed E-state index contributed by atoms with van der Waals surface area (Å²) in [7, 11) is 12.2. The predicted octanol–water partition coefficient (Wildman–Crippen LogP) is 5.79. The lowest BCUT2D eigenvalue weighted by atomic mass is 9.62. The summed E-state index contributed by atoms with van der Waals surface area (Å²) in [6.07, 6.45) is 2.84. The molecule has 3 aliphatic heterocycles. The van der Waals surface area contributed by atoms with E-state index in [0.717, 1.165) is 19.3 Å². The SMILES string of the molecule is CC[C@H]1CCC[C@H](O[C@H]2CC[C@H](N(C)C)C(C)O2)[C@@H](C)C(=O)C2=C[C@H]3[C@@H]4C[C@H](O[C@@H]5OC(C)[C@H](OC)C(OC)[C@@H]5OC)C[C@H]4[C@H](Nc4cccc(OC)c4OC)[C@@H](O)[C@H]3[C@@H]2CC(=O)O1. The Labute approximate surface area is 380 Å². The molecule has 0 bridgehead atoms. The van der Waals surface area contributed by atoms with Crippen molar-refractivity contribution >= 4 is 17.4 Å². The highest BCUT2D eigenvalue weighted by molar-refractivity contribution is 5.99. The van der Waals surface area contributed by atoms with Gasteiger partial charge in [-0.1, -0.05) is 26.0 Å². The first-order chi connectivity index (χ1) is 30.8. The van der Waals surface area contributed by atoms with Crippen molar-refractivity contribution in [3.05, 3.63) is 29.8 Å². The Morgan fingerprint density at radius 2 is 1.58 bits per heavy atom. The maximum atomic E-state index is 15.2. The Hall–Kier alpha value is -2.86. The normalized spacial score (nSPS) is 41.8. The van der Waals surface area contributed by atoms with Crippen LogP contribution in [0.25, 0.3) is 0 Å². The number of aliphatic hydroxyl groups is 1. The number of hydrogen-bond acceptors (Lipinski definition) is 15. The van der Waals surface area contributed by atoms with Crippen molar-refractivity contribution in [1.29, 1.82) is 0 Å². The number of Topliss-reactive ketones (excluding diaryl/α,β-unsaturated/α-hetero) is 1. The van der Waals surface area contributed by atoms with Crippen LogP contribution in [0.1, 0.15) is 85.5 Å². The number of anilines is 1. The quantitative estimate of drug-likeness (QED) is 0.229. The van der Waals surface area contributed by atoms with E-state index < -0.39 is 60.8 Å². The molecule has 15 nitrogen and oxygen atoms in total. The fourth-order valence-electron chi connectivity index (χ4n) is 12.4. The number of carbonyl (C=O) groups excluding carboxylic acids is 2. The van der Waals surface area contributed by atoms with Crippen LogP contribution in [-0.4, -0.2) is 151 Å². The minimum absolute atomic E-state index is 0.0192. The molecule has 7 rings (SSSR count). The van der Waals surface area contributed by atoms with Gasteiger partial charge in [-0.05, 0) is 115 Å². The van der Waals surface area contributed by atoms with Crippen LogP contribution in [0, 0.1) is 35.5 Å². The first-order valence-corrected chi connectivity index (χ1v) is 23.7. The van der Waals surface area contributed by atoms with Crippen molar-refractivity contribution in [1.82, 2.24) is 4.90 Å². The molecule has 0 aromatic heterocycles. The van der Waals surface area contributed by atoms with Crippen molar-refractivity contribution in [3.63, 3.8) is 0 Å². The highest BCUT2D eigenvalue weighted by Crippen LogP contribution is 2.58. The number of ether oxygens (including phenoxy) is 10. The van der Waals surface area contributed by atoms with E-state index in [-0.39, 0.29) is 72.5 Å². The minimum Gasteiger partial charge on any atom is -0.493 e. The largest absolute Gasteiger partial charge is 0.493 e. The van der Waals surface area contributed by atoms with Crippen molar-refractivity contribution < 1.29 is 62.1 Å². The summed E-state index contributed by atoms with van der Waals surface area (Å²) in [6.45, 7) is 8.02. The number of ketones is 1. The van der Waals surface area contributed by atoms with Gasteiger partial charge in [0, 0.05) is 45.1 Å². The van der Waals surface area contributed by atoms with Gasteiger partial charge in [-0.25, -0.2) is 0 Å². The number of aliphatic hydroxyl groups excluding tert-OH is 1. The second-order valence-corrected chi connectivity index (χ2v) is 19.3. The van der Waals surface area contributed by atoms with Crippen molar-refractivity contribution in [2.45, 2.75) is 165 Å². The van der Waals surface area contributed by atoms with E-state index in [1.54, 1.807) is 35.5 Å². The summed E-state index contributed by atoms with van der Waals surface area (Å²) in [5, 5.41) is 16.6. The standard InChI is InChI=1S/C49H76N2O13/c1-12-28-15-13-17-37(64-40-20-19-36(51(5)6)26(3)60-40)25(2)43(53)34-23-31-30-21-29(63-49-48(59-11)47(58-10)45(56-8)27(4)61-49)22-33(30)42(44(54)41(31)32(34)24-39(52)62-28)50-35-16-14-18-38(55-7)46(35)57-9/h14,16,18,23,25-33,36-37,40-42,44-45,47-50,54H,12-13,15,17,19-22,24H2,1-11H3/t25-,26?,27?,28+,29+,30+,31+,32-,33-,36+,37+,40+,41-,42+,44+,45+,47?,48+,49+/m1/s1. The molecule has 2 N–H and O–H groups in total. The van der Waals surface area contributed by atoms with Gasteiger partial charge in [0.05, 0.1) is 62.9 Å². The Kier molecular flexibility index (Phi) is 16.4. The fraction of sp³-hybridized carbons (Fsp3) is 0.796. The summed E-state index contributed by atoms with van der Waals surface area (Å²) < 4.78 is 61.9. The zero-order chi connectivity index (χ0) is 46.0. The number of para-hydroxylation sites is 1. The zero-order valence-corrected chi connectivity index (χ0v) is 39.9. The van der Waals surface area contributed by atoms with Crippen LogP contribution in [-0.2, 0) is 47.5 Å². The lowest BCUT2D eigenvalue weighted by molar-refractivity contribution is -0.314. The number of benzene rings is 1. The zero-order valence-electron chi connectivity index (χ0n) is 39.9. The molecule has 1 aromatic carbocycles. The number of allylic oxidation sites excluding steroid dienone is 2. The summed E-state index contributed by atoms with van der Waals surface area (Å²) in [5.41, 5.74) is 1.24. The molecule has 360 valence electrons. The molecule has 15 heteroatoms. The van der Waals surface area contributed by atoms with Gasteiger partial charge >= 0.3 is 5.97 Å². The Morgan fingerprint density at radius 3 is 2.23 bits per heavy atom. The molecule has 6 aliphatic rings. The van der Waals surface area contributed by atoms with E-state index >= 15 is 4.79 Å². The number of cyclic esters (lactones) is 1. The van der Waals surface area contributed by atoms with E-state index in [1.807, 2.05) is 39.0 Å².